The molecule has 1 amide bonds. The van der Waals surface area contributed by atoms with E-state index < -0.39 is 0 Å². The summed E-state index contributed by atoms with van der Waals surface area (Å²) < 4.78 is 10.7. The molecular formula is C21H25N5O3. The zero-order chi connectivity index (χ0) is 21.0. The number of amides is 1. The van der Waals surface area contributed by atoms with E-state index >= 15 is 0 Å². The SMILES string of the molecule is COc1cc(C)c(CN(C)C(=O)Cn2nnc(-c3ccccc3C)n2)cc1OC. The molecule has 3 rings (SSSR count). The van der Waals surface area contributed by atoms with E-state index in [1.54, 1.807) is 26.2 Å². The van der Waals surface area contributed by atoms with Gasteiger partial charge in [0.2, 0.25) is 11.7 Å². The molecule has 0 N–H and O–H groups in total. The number of carbonyl (C=O) groups is 1. The normalized spacial score (nSPS) is 10.7. The van der Waals surface area contributed by atoms with Gasteiger partial charge in [-0.05, 0) is 47.9 Å². The summed E-state index contributed by atoms with van der Waals surface area (Å²) in [6.45, 7) is 4.41. The van der Waals surface area contributed by atoms with Gasteiger partial charge >= 0.3 is 0 Å². The van der Waals surface area contributed by atoms with E-state index in [2.05, 4.69) is 15.4 Å². The maximum Gasteiger partial charge on any atom is 0.246 e. The van der Waals surface area contributed by atoms with Crippen molar-refractivity contribution in [2.45, 2.75) is 26.9 Å². The third-order valence-corrected chi connectivity index (χ3v) is 4.79. The van der Waals surface area contributed by atoms with E-state index in [1.807, 2.05) is 50.2 Å². The molecule has 8 heteroatoms. The highest BCUT2D eigenvalue weighted by Gasteiger charge is 2.16. The highest BCUT2D eigenvalue weighted by Crippen LogP contribution is 2.30. The number of tetrazole rings is 1. The number of hydrogen-bond donors (Lipinski definition) is 0. The predicted molar refractivity (Wildman–Crippen MR) is 109 cm³/mol. The summed E-state index contributed by atoms with van der Waals surface area (Å²) in [6, 6.07) is 11.6. The van der Waals surface area contributed by atoms with Gasteiger partial charge in [0.15, 0.2) is 11.5 Å². The third kappa shape index (κ3) is 4.53. The lowest BCUT2D eigenvalue weighted by Crippen LogP contribution is -2.30. The van der Waals surface area contributed by atoms with Gasteiger partial charge in [0.1, 0.15) is 6.54 Å². The summed E-state index contributed by atoms with van der Waals surface area (Å²) in [5, 5.41) is 12.5. The van der Waals surface area contributed by atoms with Crippen LogP contribution in [0.15, 0.2) is 36.4 Å². The van der Waals surface area contributed by atoms with Crippen molar-refractivity contribution in [3.63, 3.8) is 0 Å². The molecule has 0 saturated heterocycles. The monoisotopic (exact) mass is 395 g/mol. The number of ether oxygens (including phenoxy) is 2. The Balaban J connectivity index is 1.70. The van der Waals surface area contributed by atoms with Crippen LogP contribution in [0.25, 0.3) is 11.4 Å². The first kappa shape index (κ1) is 20.3. The van der Waals surface area contributed by atoms with Gasteiger partial charge in [0.05, 0.1) is 14.2 Å². The van der Waals surface area contributed by atoms with Gasteiger partial charge in [-0.2, -0.15) is 4.80 Å². The zero-order valence-electron chi connectivity index (χ0n) is 17.3. The minimum atomic E-state index is -0.118. The molecule has 0 saturated carbocycles. The van der Waals surface area contributed by atoms with E-state index in [9.17, 15) is 4.79 Å². The van der Waals surface area contributed by atoms with Crippen LogP contribution in [0.5, 0.6) is 11.5 Å². The van der Waals surface area contributed by atoms with Gasteiger partial charge in [-0.15, -0.1) is 10.2 Å². The molecule has 3 aromatic rings. The molecule has 29 heavy (non-hydrogen) atoms. The summed E-state index contributed by atoms with van der Waals surface area (Å²) in [4.78, 5) is 15.6. The number of carbonyl (C=O) groups excluding carboxylic acids is 1. The van der Waals surface area contributed by atoms with E-state index in [-0.39, 0.29) is 12.5 Å². The van der Waals surface area contributed by atoms with Gasteiger partial charge in [-0.1, -0.05) is 24.3 Å². The van der Waals surface area contributed by atoms with Gasteiger partial charge in [-0.25, -0.2) is 0 Å². The van der Waals surface area contributed by atoms with Crippen molar-refractivity contribution < 1.29 is 14.3 Å². The second-order valence-corrected chi connectivity index (χ2v) is 6.84. The van der Waals surface area contributed by atoms with Crippen LogP contribution in [0.2, 0.25) is 0 Å². The van der Waals surface area contributed by atoms with Crippen LogP contribution in [0.4, 0.5) is 0 Å². The smallest absolute Gasteiger partial charge is 0.246 e. The molecule has 0 atom stereocenters. The van der Waals surface area contributed by atoms with Crippen LogP contribution in [-0.2, 0) is 17.9 Å². The fourth-order valence-electron chi connectivity index (χ4n) is 3.02. The average molecular weight is 395 g/mol. The van der Waals surface area contributed by atoms with Gasteiger partial charge in [0, 0.05) is 19.2 Å². The quantitative estimate of drug-likeness (QED) is 0.612. The molecule has 0 unspecified atom stereocenters. The Hall–Kier alpha value is -3.42. The number of methoxy groups -OCH3 is 2. The van der Waals surface area contributed by atoms with Gasteiger partial charge < -0.3 is 14.4 Å². The van der Waals surface area contributed by atoms with Crippen LogP contribution in [0.3, 0.4) is 0 Å². The summed E-state index contributed by atoms with van der Waals surface area (Å²) >= 11 is 0. The van der Waals surface area contributed by atoms with Crippen LogP contribution in [0.1, 0.15) is 16.7 Å². The maximum absolute atomic E-state index is 12.7. The first-order chi connectivity index (χ1) is 13.9. The average Bonchev–Trinajstić information content (AvgIpc) is 3.17. The lowest BCUT2D eigenvalue weighted by molar-refractivity contribution is -0.131. The van der Waals surface area contributed by atoms with E-state index in [4.69, 9.17) is 9.47 Å². The molecule has 0 aliphatic carbocycles. The molecular weight excluding hydrogens is 370 g/mol. The predicted octanol–water partition coefficient (Wildman–Crippen LogP) is 2.63. The number of likely N-dealkylation sites (N-methyl/N-ethyl adjacent to an activating group) is 1. The minimum absolute atomic E-state index is 0.0156. The topological polar surface area (TPSA) is 82.4 Å². The minimum Gasteiger partial charge on any atom is -0.493 e. The first-order valence-electron chi connectivity index (χ1n) is 9.22. The largest absolute Gasteiger partial charge is 0.493 e. The third-order valence-electron chi connectivity index (χ3n) is 4.79. The molecule has 8 nitrogen and oxygen atoms in total. The van der Waals surface area contributed by atoms with Gasteiger partial charge in [0.25, 0.3) is 0 Å². The van der Waals surface area contributed by atoms with Gasteiger partial charge in [-0.3, -0.25) is 4.79 Å². The Kier molecular flexibility index (Phi) is 6.11. The molecule has 1 heterocycles. The molecule has 0 bridgehead atoms. The van der Waals surface area contributed by atoms with Crippen molar-refractivity contribution in [1.29, 1.82) is 0 Å². The standard InChI is InChI=1S/C21H25N5O3/c1-14-8-6-7-9-17(14)21-22-24-26(23-21)13-20(27)25(3)12-16-11-19(29-5)18(28-4)10-15(16)2/h6-11H,12-13H2,1-5H3. The van der Waals surface area contributed by atoms with Crippen LogP contribution < -0.4 is 9.47 Å². The number of benzene rings is 2. The molecule has 0 radical (unpaired) electrons. The Morgan fingerprint density at radius 2 is 1.76 bits per heavy atom. The van der Waals surface area contributed by atoms with Crippen molar-refractivity contribution in [2.75, 3.05) is 21.3 Å². The second-order valence-electron chi connectivity index (χ2n) is 6.84. The van der Waals surface area contributed by atoms with Crippen molar-refractivity contribution in [3.05, 3.63) is 53.1 Å². The molecule has 0 fully saturated rings. The Morgan fingerprint density at radius 1 is 1.07 bits per heavy atom. The first-order valence-corrected chi connectivity index (χ1v) is 9.22. The van der Waals surface area contributed by atoms with E-state index in [0.717, 1.165) is 22.3 Å². The summed E-state index contributed by atoms with van der Waals surface area (Å²) in [6.07, 6.45) is 0. The van der Waals surface area contributed by atoms with Crippen LogP contribution in [-0.4, -0.2) is 52.3 Å². The number of aryl methyl sites for hydroxylation is 2. The summed E-state index contributed by atoms with van der Waals surface area (Å²) in [7, 11) is 4.94. The fourth-order valence-corrected chi connectivity index (χ4v) is 3.02. The number of rotatable bonds is 7. The van der Waals surface area contributed by atoms with Crippen molar-refractivity contribution in [1.82, 2.24) is 25.1 Å². The highest BCUT2D eigenvalue weighted by molar-refractivity contribution is 5.75. The van der Waals surface area contributed by atoms with E-state index in [0.29, 0.717) is 23.9 Å². The zero-order valence-corrected chi connectivity index (χ0v) is 17.3. The number of hydrogen-bond acceptors (Lipinski definition) is 6. The summed E-state index contributed by atoms with van der Waals surface area (Å²) in [5.41, 5.74) is 3.95. The Labute approximate surface area is 170 Å². The number of aromatic nitrogens is 4. The van der Waals surface area contributed by atoms with Crippen LogP contribution >= 0.6 is 0 Å². The maximum atomic E-state index is 12.7. The molecule has 2 aromatic carbocycles. The molecule has 0 aliphatic rings. The lowest BCUT2D eigenvalue weighted by atomic mass is 10.1. The Morgan fingerprint density at radius 3 is 2.45 bits per heavy atom. The fraction of sp³-hybridized carbons (Fsp3) is 0.333. The van der Waals surface area contributed by atoms with Crippen molar-refractivity contribution >= 4 is 5.91 Å². The van der Waals surface area contributed by atoms with Crippen molar-refractivity contribution in [3.8, 4) is 22.9 Å². The Bertz CT molecular complexity index is 1020. The van der Waals surface area contributed by atoms with Crippen LogP contribution in [0, 0.1) is 13.8 Å². The molecule has 152 valence electrons. The summed E-state index contributed by atoms with van der Waals surface area (Å²) in [5.74, 6) is 1.69. The number of nitrogens with zero attached hydrogens (tertiary/aromatic N) is 5. The lowest BCUT2D eigenvalue weighted by Gasteiger charge is -2.19. The molecule has 0 spiro atoms. The molecule has 1 aromatic heterocycles. The molecule has 0 aliphatic heterocycles. The van der Waals surface area contributed by atoms with E-state index in [1.165, 1.54) is 4.80 Å². The van der Waals surface area contributed by atoms with Crippen molar-refractivity contribution in [2.24, 2.45) is 0 Å². The second kappa shape index (κ2) is 8.72. The highest BCUT2D eigenvalue weighted by atomic mass is 16.5.